The van der Waals surface area contributed by atoms with Crippen LogP contribution in [0.2, 0.25) is 0 Å². The number of carbonyl (C=O) groups excluding carboxylic acids is 1. The van der Waals surface area contributed by atoms with Gasteiger partial charge in [-0.3, -0.25) is 9.69 Å². The fraction of sp³-hybridized carbons (Fsp3) is 0.316. The molecule has 3 rings (SSSR count). The van der Waals surface area contributed by atoms with Gasteiger partial charge in [-0.15, -0.1) is 0 Å². The molecule has 0 spiro atoms. The summed E-state index contributed by atoms with van der Waals surface area (Å²) >= 11 is 0. The minimum atomic E-state index is 0.0142. The van der Waals surface area contributed by atoms with Crippen molar-refractivity contribution < 1.29 is 9.90 Å². The number of hydrogen-bond donors (Lipinski definition) is 2. The Morgan fingerprint density at radius 1 is 1.04 bits per heavy atom. The van der Waals surface area contributed by atoms with E-state index in [1.807, 2.05) is 49.4 Å². The molecule has 1 heterocycles. The van der Waals surface area contributed by atoms with Crippen molar-refractivity contribution in [3.63, 3.8) is 0 Å². The number of aromatic hydroxyl groups is 1. The fourth-order valence-electron chi connectivity index (χ4n) is 2.98. The molecule has 1 amide bonds. The largest absolute Gasteiger partial charge is 0.506 e. The van der Waals surface area contributed by atoms with Crippen molar-refractivity contribution in [2.75, 3.05) is 42.9 Å². The molecule has 1 saturated heterocycles. The minimum absolute atomic E-state index is 0.0142. The highest BCUT2D eigenvalue weighted by Crippen LogP contribution is 2.27. The Morgan fingerprint density at radius 3 is 2.42 bits per heavy atom. The van der Waals surface area contributed by atoms with Crippen LogP contribution in [0.4, 0.5) is 11.4 Å². The molecule has 1 fully saturated rings. The van der Waals surface area contributed by atoms with E-state index in [2.05, 4.69) is 15.1 Å². The molecule has 0 aromatic heterocycles. The first kappa shape index (κ1) is 16.3. The maximum Gasteiger partial charge on any atom is 0.238 e. The summed E-state index contributed by atoms with van der Waals surface area (Å²) in [5, 5.41) is 12.9. The SMILES string of the molecule is Cc1ccccc1NC(=O)CN1CCN(c2ccccc2O)CC1. The molecule has 2 aromatic rings. The van der Waals surface area contributed by atoms with Crippen LogP contribution in [0.25, 0.3) is 0 Å². The predicted octanol–water partition coefficient (Wildman–Crippen LogP) is 2.46. The number of rotatable bonds is 4. The van der Waals surface area contributed by atoms with Gasteiger partial charge in [-0.25, -0.2) is 0 Å². The van der Waals surface area contributed by atoms with Gasteiger partial charge in [-0.1, -0.05) is 30.3 Å². The molecule has 2 N–H and O–H groups in total. The first-order chi connectivity index (χ1) is 11.6. The van der Waals surface area contributed by atoms with E-state index in [1.54, 1.807) is 6.07 Å². The second-order valence-electron chi connectivity index (χ2n) is 6.12. The summed E-state index contributed by atoms with van der Waals surface area (Å²) in [6.45, 7) is 5.58. The minimum Gasteiger partial charge on any atom is -0.506 e. The van der Waals surface area contributed by atoms with Crippen LogP contribution in [-0.4, -0.2) is 48.6 Å². The highest BCUT2D eigenvalue weighted by atomic mass is 16.3. The molecular weight excluding hydrogens is 302 g/mol. The quantitative estimate of drug-likeness (QED) is 0.907. The summed E-state index contributed by atoms with van der Waals surface area (Å²) in [4.78, 5) is 16.5. The number of anilines is 2. The molecule has 0 saturated carbocycles. The van der Waals surface area contributed by atoms with Gasteiger partial charge in [-0.05, 0) is 30.7 Å². The molecule has 0 radical (unpaired) electrons. The Morgan fingerprint density at radius 2 is 1.71 bits per heavy atom. The highest BCUT2D eigenvalue weighted by molar-refractivity contribution is 5.92. The van der Waals surface area contributed by atoms with E-state index in [0.29, 0.717) is 12.3 Å². The molecule has 0 aliphatic carbocycles. The lowest BCUT2D eigenvalue weighted by molar-refractivity contribution is -0.117. The topological polar surface area (TPSA) is 55.8 Å². The zero-order valence-electron chi connectivity index (χ0n) is 13.9. The number of phenols is 1. The number of phenolic OH excluding ortho intramolecular Hbond substituents is 1. The number of hydrogen-bond acceptors (Lipinski definition) is 4. The highest BCUT2D eigenvalue weighted by Gasteiger charge is 2.20. The number of para-hydroxylation sites is 3. The van der Waals surface area contributed by atoms with Crippen molar-refractivity contribution in [3.8, 4) is 5.75 Å². The molecule has 0 unspecified atom stereocenters. The second kappa shape index (κ2) is 7.36. The Labute approximate surface area is 142 Å². The molecule has 1 aliphatic rings. The van der Waals surface area contributed by atoms with Crippen molar-refractivity contribution in [3.05, 3.63) is 54.1 Å². The standard InChI is InChI=1S/C19H23N3O2/c1-15-6-2-3-7-16(15)20-19(24)14-21-10-12-22(13-11-21)17-8-4-5-9-18(17)23/h2-9,23H,10-14H2,1H3,(H,20,24). The third-order valence-corrected chi connectivity index (χ3v) is 4.38. The lowest BCUT2D eigenvalue weighted by Gasteiger charge is -2.35. The van der Waals surface area contributed by atoms with Gasteiger partial charge in [0.15, 0.2) is 0 Å². The second-order valence-corrected chi connectivity index (χ2v) is 6.12. The summed E-state index contributed by atoms with van der Waals surface area (Å²) < 4.78 is 0. The normalized spacial score (nSPS) is 15.3. The lowest BCUT2D eigenvalue weighted by atomic mass is 10.2. The zero-order chi connectivity index (χ0) is 16.9. The van der Waals surface area contributed by atoms with Gasteiger partial charge >= 0.3 is 0 Å². The van der Waals surface area contributed by atoms with Crippen molar-refractivity contribution in [2.24, 2.45) is 0 Å². The molecule has 126 valence electrons. The van der Waals surface area contributed by atoms with Crippen LogP contribution < -0.4 is 10.2 Å². The Kier molecular flexibility index (Phi) is 5.01. The van der Waals surface area contributed by atoms with Gasteiger partial charge in [0.2, 0.25) is 5.91 Å². The maximum absolute atomic E-state index is 12.2. The lowest BCUT2D eigenvalue weighted by Crippen LogP contribution is -2.48. The van der Waals surface area contributed by atoms with Crippen molar-refractivity contribution in [1.29, 1.82) is 0 Å². The Bertz CT molecular complexity index is 709. The molecule has 1 aliphatic heterocycles. The van der Waals surface area contributed by atoms with E-state index < -0.39 is 0 Å². The van der Waals surface area contributed by atoms with Gasteiger partial charge in [0, 0.05) is 31.9 Å². The molecule has 5 nitrogen and oxygen atoms in total. The Balaban J connectivity index is 1.51. The number of nitrogens with zero attached hydrogens (tertiary/aromatic N) is 2. The molecule has 24 heavy (non-hydrogen) atoms. The summed E-state index contributed by atoms with van der Waals surface area (Å²) in [7, 11) is 0. The predicted molar refractivity (Wildman–Crippen MR) is 96.6 cm³/mol. The summed E-state index contributed by atoms with van der Waals surface area (Å²) in [6, 6.07) is 15.2. The number of amides is 1. The summed E-state index contributed by atoms with van der Waals surface area (Å²) in [5.74, 6) is 0.323. The van der Waals surface area contributed by atoms with Crippen LogP contribution in [0.1, 0.15) is 5.56 Å². The van der Waals surface area contributed by atoms with Gasteiger partial charge < -0.3 is 15.3 Å². The molecular formula is C19H23N3O2. The van der Waals surface area contributed by atoms with Gasteiger partial charge in [0.25, 0.3) is 0 Å². The first-order valence-electron chi connectivity index (χ1n) is 8.24. The van der Waals surface area contributed by atoms with E-state index in [9.17, 15) is 9.90 Å². The number of benzene rings is 2. The molecule has 5 heteroatoms. The third-order valence-electron chi connectivity index (χ3n) is 4.38. The van der Waals surface area contributed by atoms with E-state index in [0.717, 1.165) is 43.1 Å². The zero-order valence-corrected chi connectivity index (χ0v) is 13.9. The van der Waals surface area contributed by atoms with Crippen LogP contribution >= 0.6 is 0 Å². The summed E-state index contributed by atoms with van der Waals surface area (Å²) in [6.07, 6.45) is 0. The van der Waals surface area contributed by atoms with Crippen molar-refractivity contribution in [2.45, 2.75) is 6.92 Å². The van der Waals surface area contributed by atoms with Crippen LogP contribution in [-0.2, 0) is 4.79 Å². The van der Waals surface area contributed by atoms with Crippen LogP contribution in [0, 0.1) is 6.92 Å². The smallest absolute Gasteiger partial charge is 0.238 e. The van der Waals surface area contributed by atoms with Crippen LogP contribution in [0.3, 0.4) is 0 Å². The Hall–Kier alpha value is -2.53. The number of aryl methyl sites for hydroxylation is 1. The van der Waals surface area contributed by atoms with Gasteiger partial charge in [-0.2, -0.15) is 0 Å². The first-order valence-corrected chi connectivity index (χ1v) is 8.24. The summed E-state index contributed by atoms with van der Waals surface area (Å²) in [5.41, 5.74) is 2.80. The van der Waals surface area contributed by atoms with Gasteiger partial charge in [0.05, 0.1) is 12.2 Å². The van der Waals surface area contributed by atoms with Crippen molar-refractivity contribution >= 4 is 17.3 Å². The molecule has 0 bridgehead atoms. The van der Waals surface area contributed by atoms with Crippen LogP contribution in [0.15, 0.2) is 48.5 Å². The van der Waals surface area contributed by atoms with E-state index in [1.165, 1.54) is 0 Å². The van der Waals surface area contributed by atoms with E-state index in [-0.39, 0.29) is 5.91 Å². The van der Waals surface area contributed by atoms with E-state index >= 15 is 0 Å². The third kappa shape index (κ3) is 3.86. The average Bonchev–Trinajstić information content (AvgIpc) is 2.58. The number of piperazine rings is 1. The van der Waals surface area contributed by atoms with Crippen LogP contribution in [0.5, 0.6) is 5.75 Å². The fourth-order valence-corrected chi connectivity index (χ4v) is 2.98. The van der Waals surface area contributed by atoms with Gasteiger partial charge in [0.1, 0.15) is 5.75 Å². The number of carbonyl (C=O) groups is 1. The van der Waals surface area contributed by atoms with E-state index in [4.69, 9.17) is 0 Å². The average molecular weight is 325 g/mol. The monoisotopic (exact) mass is 325 g/mol. The van der Waals surface area contributed by atoms with Crippen molar-refractivity contribution in [1.82, 2.24) is 4.90 Å². The number of nitrogens with one attached hydrogen (secondary N) is 1. The maximum atomic E-state index is 12.2. The molecule has 0 atom stereocenters. The molecule has 2 aromatic carbocycles.